The van der Waals surface area contributed by atoms with Crippen molar-refractivity contribution in [2.45, 2.75) is 19.4 Å². The SMILES string of the molecule is COc1ccc(C(O)Cc2ccc(OC)c(Br)c2)cc1C. The number of aryl methyl sites for hydroxylation is 1. The molecule has 0 saturated carbocycles. The summed E-state index contributed by atoms with van der Waals surface area (Å²) in [6, 6.07) is 11.6. The van der Waals surface area contributed by atoms with E-state index in [-0.39, 0.29) is 0 Å². The number of aliphatic hydroxyl groups is 1. The van der Waals surface area contributed by atoms with Gasteiger partial charge >= 0.3 is 0 Å². The first kappa shape index (κ1) is 15.9. The van der Waals surface area contributed by atoms with Crippen LogP contribution in [-0.4, -0.2) is 19.3 Å². The van der Waals surface area contributed by atoms with Gasteiger partial charge in [-0.15, -0.1) is 0 Å². The molecule has 0 spiro atoms. The van der Waals surface area contributed by atoms with E-state index in [0.29, 0.717) is 6.42 Å². The fraction of sp³-hybridized carbons (Fsp3) is 0.294. The van der Waals surface area contributed by atoms with Crippen LogP contribution < -0.4 is 9.47 Å². The average molecular weight is 351 g/mol. The lowest BCUT2D eigenvalue weighted by atomic mass is 9.99. The second kappa shape index (κ2) is 6.96. The van der Waals surface area contributed by atoms with Gasteiger partial charge in [-0.2, -0.15) is 0 Å². The summed E-state index contributed by atoms with van der Waals surface area (Å²) in [5, 5.41) is 10.4. The number of aliphatic hydroxyl groups excluding tert-OH is 1. The molecule has 0 bridgehead atoms. The van der Waals surface area contributed by atoms with Crippen LogP contribution in [0.3, 0.4) is 0 Å². The van der Waals surface area contributed by atoms with Crippen molar-refractivity contribution in [2.75, 3.05) is 14.2 Å². The van der Waals surface area contributed by atoms with E-state index in [4.69, 9.17) is 9.47 Å². The summed E-state index contributed by atoms with van der Waals surface area (Å²) in [5.74, 6) is 1.62. The fourth-order valence-corrected chi connectivity index (χ4v) is 2.87. The Labute approximate surface area is 133 Å². The van der Waals surface area contributed by atoms with Gasteiger partial charge in [0.25, 0.3) is 0 Å². The van der Waals surface area contributed by atoms with Gasteiger partial charge in [-0.25, -0.2) is 0 Å². The maximum absolute atomic E-state index is 10.4. The first-order chi connectivity index (χ1) is 10.0. The molecule has 1 N–H and O–H groups in total. The molecule has 112 valence electrons. The highest BCUT2D eigenvalue weighted by molar-refractivity contribution is 9.10. The van der Waals surface area contributed by atoms with Gasteiger partial charge < -0.3 is 14.6 Å². The third-order valence-electron chi connectivity index (χ3n) is 3.45. The molecule has 0 amide bonds. The number of benzene rings is 2. The highest BCUT2D eigenvalue weighted by atomic mass is 79.9. The lowest BCUT2D eigenvalue weighted by Gasteiger charge is -2.14. The predicted molar refractivity (Wildman–Crippen MR) is 87.1 cm³/mol. The molecule has 21 heavy (non-hydrogen) atoms. The Balaban J connectivity index is 2.15. The van der Waals surface area contributed by atoms with E-state index in [0.717, 1.165) is 32.7 Å². The van der Waals surface area contributed by atoms with Crippen molar-refractivity contribution in [3.8, 4) is 11.5 Å². The zero-order valence-electron chi connectivity index (χ0n) is 12.4. The standard InChI is InChI=1S/C17H19BrO3/c1-11-8-13(5-7-16(11)20-2)15(19)10-12-4-6-17(21-3)14(18)9-12/h4-9,15,19H,10H2,1-3H3. The van der Waals surface area contributed by atoms with Crippen LogP contribution in [0.15, 0.2) is 40.9 Å². The topological polar surface area (TPSA) is 38.7 Å². The molecule has 2 aromatic carbocycles. The molecule has 1 unspecified atom stereocenters. The lowest BCUT2D eigenvalue weighted by molar-refractivity contribution is 0.178. The van der Waals surface area contributed by atoms with Gasteiger partial charge in [0.05, 0.1) is 24.8 Å². The Hall–Kier alpha value is -1.52. The Bertz CT molecular complexity index is 625. The molecule has 0 aliphatic heterocycles. The Kier molecular flexibility index (Phi) is 5.26. The zero-order chi connectivity index (χ0) is 15.4. The van der Waals surface area contributed by atoms with Crippen molar-refractivity contribution in [3.63, 3.8) is 0 Å². The molecule has 0 aliphatic carbocycles. The predicted octanol–water partition coefficient (Wildman–Crippen LogP) is 4.05. The molecule has 0 fully saturated rings. The van der Waals surface area contributed by atoms with Crippen LogP contribution in [0.2, 0.25) is 0 Å². The molecule has 1 atom stereocenters. The third kappa shape index (κ3) is 3.77. The van der Waals surface area contributed by atoms with Crippen molar-refractivity contribution >= 4 is 15.9 Å². The molecular weight excluding hydrogens is 332 g/mol. The molecule has 0 aromatic heterocycles. The van der Waals surface area contributed by atoms with E-state index in [1.54, 1.807) is 14.2 Å². The largest absolute Gasteiger partial charge is 0.496 e. The van der Waals surface area contributed by atoms with Gasteiger partial charge in [0.2, 0.25) is 0 Å². The van der Waals surface area contributed by atoms with Gasteiger partial charge in [-0.05, 0) is 63.8 Å². The van der Waals surface area contributed by atoms with Crippen molar-refractivity contribution in [1.29, 1.82) is 0 Å². The summed E-state index contributed by atoms with van der Waals surface area (Å²) in [6.45, 7) is 1.97. The van der Waals surface area contributed by atoms with Crippen LogP contribution in [0.25, 0.3) is 0 Å². The van der Waals surface area contributed by atoms with E-state index in [1.165, 1.54) is 0 Å². The van der Waals surface area contributed by atoms with Crippen molar-refractivity contribution in [3.05, 3.63) is 57.6 Å². The summed E-state index contributed by atoms with van der Waals surface area (Å²) < 4.78 is 11.3. The van der Waals surface area contributed by atoms with Crippen LogP contribution in [-0.2, 0) is 6.42 Å². The highest BCUT2D eigenvalue weighted by Crippen LogP contribution is 2.29. The van der Waals surface area contributed by atoms with E-state index < -0.39 is 6.10 Å². The quantitative estimate of drug-likeness (QED) is 0.883. The van der Waals surface area contributed by atoms with Gasteiger partial charge in [0.15, 0.2) is 0 Å². The van der Waals surface area contributed by atoms with Gasteiger partial charge in [-0.1, -0.05) is 12.1 Å². The number of rotatable bonds is 5. The van der Waals surface area contributed by atoms with Crippen molar-refractivity contribution < 1.29 is 14.6 Å². The van der Waals surface area contributed by atoms with Crippen LogP contribution in [0.1, 0.15) is 22.8 Å². The minimum atomic E-state index is -0.546. The average Bonchev–Trinajstić information content (AvgIpc) is 2.47. The van der Waals surface area contributed by atoms with E-state index >= 15 is 0 Å². The Morgan fingerprint density at radius 1 is 1.05 bits per heavy atom. The molecule has 3 nitrogen and oxygen atoms in total. The van der Waals surface area contributed by atoms with E-state index in [1.807, 2.05) is 43.3 Å². The minimum absolute atomic E-state index is 0.546. The molecule has 0 aliphatic rings. The summed E-state index contributed by atoms with van der Waals surface area (Å²) in [7, 11) is 3.28. The minimum Gasteiger partial charge on any atom is -0.496 e. The highest BCUT2D eigenvalue weighted by Gasteiger charge is 2.11. The fourth-order valence-electron chi connectivity index (χ4n) is 2.29. The molecule has 0 radical (unpaired) electrons. The van der Waals surface area contributed by atoms with E-state index in [9.17, 15) is 5.11 Å². The molecule has 0 heterocycles. The molecule has 0 saturated heterocycles. The lowest BCUT2D eigenvalue weighted by Crippen LogP contribution is -2.03. The molecular formula is C17H19BrO3. The van der Waals surface area contributed by atoms with Gasteiger partial charge in [0.1, 0.15) is 11.5 Å². The number of methoxy groups -OCH3 is 2. The number of hydrogen-bond donors (Lipinski definition) is 1. The van der Waals surface area contributed by atoms with Crippen LogP contribution >= 0.6 is 15.9 Å². The number of halogens is 1. The normalized spacial score (nSPS) is 12.0. The van der Waals surface area contributed by atoms with Gasteiger partial charge in [-0.3, -0.25) is 0 Å². The maximum atomic E-state index is 10.4. The first-order valence-electron chi connectivity index (χ1n) is 6.70. The summed E-state index contributed by atoms with van der Waals surface area (Å²) in [5.41, 5.74) is 2.95. The first-order valence-corrected chi connectivity index (χ1v) is 7.49. The van der Waals surface area contributed by atoms with Gasteiger partial charge in [0, 0.05) is 6.42 Å². The number of ether oxygens (including phenoxy) is 2. The smallest absolute Gasteiger partial charge is 0.133 e. The van der Waals surface area contributed by atoms with Crippen LogP contribution in [0.4, 0.5) is 0 Å². The Morgan fingerprint density at radius 2 is 1.71 bits per heavy atom. The van der Waals surface area contributed by atoms with Crippen LogP contribution in [0, 0.1) is 6.92 Å². The zero-order valence-corrected chi connectivity index (χ0v) is 14.0. The van der Waals surface area contributed by atoms with Crippen molar-refractivity contribution in [1.82, 2.24) is 0 Å². The maximum Gasteiger partial charge on any atom is 0.133 e. The monoisotopic (exact) mass is 350 g/mol. The molecule has 2 rings (SSSR count). The van der Waals surface area contributed by atoms with Crippen LogP contribution in [0.5, 0.6) is 11.5 Å². The van der Waals surface area contributed by atoms with Crippen molar-refractivity contribution in [2.24, 2.45) is 0 Å². The summed E-state index contributed by atoms with van der Waals surface area (Å²) >= 11 is 3.46. The van der Waals surface area contributed by atoms with E-state index in [2.05, 4.69) is 15.9 Å². The third-order valence-corrected chi connectivity index (χ3v) is 4.07. The summed E-state index contributed by atoms with van der Waals surface area (Å²) in [4.78, 5) is 0. The Morgan fingerprint density at radius 3 is 2.29 bits per heavy atom. The number of hydrogen-bond acceptors (Lipinski definition) is 3. The second-order valence-corrected chi connectivity index (χ2v) is 5.77. The molecule has 2 aromatic rings. The summed E-state index contributed by atoms with van der Waals surface area (Å²) in [6.07, 6.45) is 0.00358. The second-order valence-electron chi connectivity index (χ2n) is 4.92. The molecule has 4 heteroatoms.